The van der Waals surface area contributed by atoms with Crippen LogP contribution in [-0.4, -0.2) is 78.5 Å². The van der Waals surface area contributed by atoms with Gasteiger partial charge in [-0.05, 0) is 63.6 Å². The van der Waals surface area contributed by atoms with E-state index in [1.165, 1.54) is 4.68 Å². The number of aromatic nitrogens is 5. The largest absolute Gasteiger partial charge is 0.474 e. The third kappa shape index (κ3) is 5.74. The normalized spacial score (nSPS) is 24.4. The highest BCUT2D eigenvalue weighted by molar-refractivity contribution is 5.95. The zero-order valence-electron chi connectivity index (χ0n) is 25.6. The zero-order chi connectivity index (χ0) is 30.7. The lowest BCUT2D eigenvalue weighted by molar-refractivity contribution is 0.0750. The highest BCUT2D eigenvalue weighted by Gasteiger charge is 2.59. The van der Waals surface area contributed by atoms with Crippen molar-refractivity contribution in [1.82, 2.24) is 34.9 Å². The molecule has 3 aromatic rings. The Kier molecular flexibility index (Phi) is 7.05. The van der Waals surface area contributed by atoms with Crippen LogP contribution < -0.4 is 15.0 Å². The van der Waals surface area contributed by atoms with Crippen LogP contribution in [0.15, 0.2) is 36.8 Å². The Hall–Kier alpha value is -4.22. The SMILES string of the molecule is Cc1nn(-c2ncccn2)cc1C(=O)N1C[C@@H]2[C@H](C1)[C@@H]2Oc1cc(C(C)(C)NC(=O)O)cc(N2CCC(C)(C)CC2C)n1. The minimum Gasteiger partial charge on any atom is -0.474 e. The van der Waals surface area contributed by atoms with Crippen LogP contribution in [-0.2, 0) is 5.54 Å². The number of amides is 2. The lowest BCUT2D eigenvalue weighted by Gasteiger charge is -2.43. The summed E-state index contributed by atoms with van der Waals surface area (Å²) >= 11 is 0. The van der Waals surface area contributed by atoms with E-state index < -0.39 is 11.6 Å². The second kappa shape index (κ2) is 10.5. The van der Waals surface area contributed by atoms with E-state index in [1.54, 1.807) is 24.7 Å². The molecule has 2 N–H and O–H groups in total. The van der Waals surface area contributed by atoms with Gasteiger partial charge in [-0.1, -0.05) is 13.8 Å². The summed E-state index contributed by atoms with van der Waals surface area (Å²) in [5.74, 6) is 2.07. The number of hydrogen-bond donors (Lipinski definition) is 2. The van der Waals surface area contributed by atoms with E-state index in [2.05, 4.69) is 46.1 Å². The van der Waals surface area contributed by atoms with Crippen molar-refractivity contribution in [3.8, 4) is 11.8 Å². The molecular weight excluding hydrogens is 548 g/mol. The molecular formula is C31H40N8O4. The van der Waals surface area contributed by atoms with Crippen molar-refractivity contribution < 1.29 is 19.4 Å². The van der Waals surface area contributed by atoms with Crippen molar-refractivity contribution >= 4 is 17.8 Å². The van der Waals surface area contributed by atoms with Gasteiger partial charge in [0.15, 0.2) is 0 Å². The van der Waals surface area contributed by atoms with Gasteiger partial charge in [-0.25, -0.2) is 19.4 Å². The molecule has 12 nitrogen and oxygen atoms in total. The van der Waals surface area contributed by atoms with Gasteiger partial charge in [-0.3, -0.25) is 4.79 Å². The third-order valence-electron chi connectivity index (χ3n) is 9.18. The molecule has 2 aliphatic heterocycles. The van der Waals surface area contributed by atoms with E-state index in [1.807, 2.05) is 37.8 Å². The van der Waals surface area contributed by atoms with E-state index >= 15 is 0 Å². The van der Waals surface area contributed by atoms with E-state index in [-0.39, 0.29) is 35.3 Å². The van der Waals surface area contributed by atoms with Crippen LogP contribution in [0.2, 0.25) is 0 Å². The maximum Gasteiger partial charge on any atom is 0.405 e. The third-order valence-corrected chi connectivity index (χ3v) is 9.18. The van der Waals surface area contributed by atoms with Crippen LogP contribution in [0.1, 0.15) is 69.1 Å². The number of pyridine rings is 1. The minimum atomic E-state index is -1.09. The first-order valence-electron chi connectivity index (χ1n) is 14.9. The number of nitrogens with one attached hydrogen (secondary N) is 1. The number of nitrogens with zero attached hydrogens (tertiary/aromatic N) is 7. The van der Waals surface area contributed by atoms with Crippen LogP contribution in [0.5, 0.6) is 5.88 Å². The predicted octanol–water partition coefficient (Wildman–Crippen LogP) is 4.03. The zero-order valence-corrected chi connectivity index (χ0v) is 25.6. The maximum atomic E-state index is 13.4. The maximum absolute atomic E-state index is 13.4. The fourth-order valence-corrected chi connectivity index (χ4v) is 6.70. The summed E-state index contributed by atoms with van der Waals surface area (Å²) in [6.07, 6.45) is 5.92. The topological polar surface area (TPSA) is 139 Å². The van der Waals surface area contributed by atoms with Gasteiger partial charge < -0.3 is 25.0 Å². The molecule has 2 saturated heterocycles. The fourth-order valence-electron chi connectivity index (χ4n) is 6.70. The molecule has 43 heavy (non-hydrogen) atoms. The number of carbonyl (C=O) groups excluding carboxylic acids is 1. The fraction of sp³-hybridized carbons (Fsp3) is 0.548. The van der Waals surface area contributed by atoms with Gasteiger partial charge in [-0.2, -0.15) is 10.1 Å². The number of carboxylic acid groups (broad SMARTS) is 1. The highest BCUT2D eigenvalue weighted by Crippen LogP contribution is 2.48. The Morgan fingerprint density at radius 1 is 1.14 bits per heavy atom. The van der Waals surface area contributed by atoms with Gasteiger partial charge in [0, 0.05) is 62.2 Å². The molecule has 1 saturated carbocycles. The smallest absolute Gasteiger partial charge is 0.405 e. The number of carbonyl (C=O) groups is 2. The standard InChI is InChI=1S/C31H40N8O4/c1-18-14-30(3,4)8-11-38(18)24-12-20(31(5,6)35-29(41)42)13-25(34-24)43-26-22-15-37(16-23(22)26)27(40)21-17-39(36-19(21)2)28-32-9-7-10-33-28/h7,9-10,12-13,17-18,22-23,26,35H,8,11,14-16H2,1-6H3,(H,41,42)/t18?,22-,23+,26-. The number of ether oxygens (including phenoxy) is 1. The van der Waals surface area contributed by atoms with Crippen molar-refractivity contribution in [3.05, 3.63) is 53.6 Å². The molecule has 0 radical (unpaired) electrons. The highest BCUT2D eigenvalue weighted by atomic mass is 16.5. The summed E-state index contributed by atoms with van der Waals surface area (Å²) in [4.78, 5) is 42.5. The van der Waals surface area contributed by atoms with Crippen LogP contribution in [0.3, 0.4) is 0 Å². The van der Waals surface area contributed by atoms with Crippen LogP contribution in [0.4, 0.5) is 10.6 Å². The molecule has 1 aliphatic carbocycles. The molecule has 5 heterocycles. The summed E-state index contributed by atoms with van der Waals surface area (Å²) < 4.78 is 8.01. The molecule has 12 heteroatoms. The van der Waals surface area contributed by atoms with Crippen molar-refractivity contribution in [2.24, 2.45) is 17.3 Å². The summed E-state index contributed by atoms with van der Waals surface area (Å²) in [5, 5.41) is 16.6. The molecule has 3 fully saturated rings. The number of rotatable bonds is 7. The molecule has 4 atom stereocenters. The van der Waals surface area contributed by atoms with Crippen LogP contribution in [0, 0.1) is 24.2 Å². The summed E-state index contributed by atoms with van der Waals surface area (Å²) in [5.41, 5.74) is 1.39. The van der Waals surface area contributed by atoms with Gasteiger partial charge in [0.2, 0.25) is 11.8 Å². The molecule has 3 aromatic heterocycles. The minimum absolute atomic E-state index is 0.0468. The van der Waals surface area contributed by atoms with Crippen molar-refractivity contribution in [2.45, 2.75) is 72.1 Å². The van der Waals surface area contributed by atoms with Gasteiger partial charge in [-0.15, -0.1) is 0 Å². The van der Waals surface area contributed by atoms with E-state index in [9.17, 15) is 14.7 Å². The molecule has 3 aliphatic rings. The predicted molar refractivity (Wildman–Crippen MR) is 159 cm³/mol. The quantitative estimate of drug-likeness (QED) is 0.419. The Labute approximate surface area is 251 Å². The Balaban J connectivity index is 1.17. The molecule has 2 amide bonds. The molecule has 228 valence electrons. The van der Waals surface area contributed by atoms with Gasteiger partial charge >= 0.3 is 6.09 Å². The van der Waals surface area contributed by atoms with Gasteiger partial charge in [0.05, 0.1) is 16.8 Å². The number of piperidine rings is 2. The van der Waals surface area contributed by atoms with Crippen LogP contribution >= 0.6 is 0 Å². The lowest BCUT2D eigenvalue weighted by Crippen LogP contribution is -2.45. The molecule has 0 aromatic carbocycles. The molecule has 0 bridgehead atoms. The molecule has 1 unspecified atom stereocenters. The van der Waals surface area contributed by atoms with Gasteiger partial charge in [0.1, 0.15) is 11.9 Å². The van der Waals surface area contributed by atoms with Crippen LogP contribution in [0.25, 0.3) is 5.95 Å². The monoisotopic (exact) mass is 588 g/mol. The van der Waals surface area contributed by atoms with E-state index in [4.69, 9.17) is 9.72 Å². The first-order chi connectivity index (χ1) is 20.3. The summed E-state index contributed by atoms with van der Waals surface area (Å²) in [6, 6.07) is 5.85. The lowest BCUT2D eigenvalue weighted by atomic mass is 9.79. The summed E-state index contributed by atoms with van der Waals surface area (Å²) in [7, 11) is 0. The Morgan fingerprint density at radius 2 is 1.84 bits per heavy atom. The average molecular weight is 589 g/mol. The summed E-state index contributed by atoms with van der Waals surface area (Å²) in [6.45, 7) is 14.4. The number of aryl methyl sites for hydroxylation is 1. The van der Waals surface area contributed by atoms with Crippen molar-refractivity contribution in [1.29, 1.82) is 0 Å². The number of fused-ring (bicyclic) bond motifs is 1. The van der Waals surface area contributed by atoms with Crippen molar-refractivity contribution in [2.75, 3.05) is 24.5 Å². The number of hydrogen-bond acceptors (Lipinski definition) is 8. The van der Waals surface area contributed by atoms with Crippen molar-refractivity contribution in [3.63, 3.8) is 0 Å². The number of anilines is 1. The second-order valence-electron chi connectivity index (χ2n) is 13.5. The molecule has 0 spiro atoms. The average Bonchev–Trinajstić information content (AvgIpc) is 3.25. The second-order valence-corrected chi connectivity index (χ2v) is 13.5. The Bertz CT molecular complexity index is 1530. The molecule has 6 rings (SSSR count). The first-order valence-corrected chi connectivity index (χ1v) is 14.9. The first kappa shape index (κ1) is 28.9. The Morgan fingerprint density at radius 3 is 2.49 bits per heavy atom. The van der Waals surface area contributed by atoms with E-state index in [0.717, 1.165) is 30.8 Å². The van der Waals surface area contributed by atoms with E-state index in [0.29, 0.717) is 36.2 Å². The number of likely N-dealkylation sites (tertiary alicyclic amines) is 1. The van der Waals surface area contributed by atoms with Gasteiger partial charge in [0.25, 0.3) is 5.91 Å².